The van der Waals surface area contributed by atoms with Crippen LogP contribution >= 0.6 is 0 Å². The van der Waals surface area contributed by atoms with Gasteiger partial charge in [-0.25, -0.2) is 9.78 Å². The number of rotatable bonds is 6. The third kappa shape index (κ3) is 4.55. The molecule has 10 nitrogen and oxygen atoms in total. The summed E-state index contributed by atoms with van der Waals surface area (Å²) in [4.78, 5) is 25.0. The van der Waals surface area contributed by atoms with Crippen molar-refractivity contribution in [3.63, 3.8) is 0 Å². The highest BCUT2D eigenvalue weighted by Gasteiger charge is 2.16. The zero-order chi connectivity index (χ0) is 22.8. The van der Waals surface area contributed by atoms with Crippen LogP contribution in [0.2, 0.25) is 0 Å². The van der Waals surface area contributed by atoms with Crippen molar-refractivity contribution in [3.05, 3.63) is 60.4 Å². The van der Waals surface area contributed by atoms with Crippen LogP contribution in [0.5, 0.6) is 0 Å². The zero-order valence-electron chi connectivity index (χ0n) is 18.1. The number of aromatic amines is 1. The van der Waals surface area contributed by atoms with Gasteiger partial charge in [0.25, 0.3) is 0 Å². The molecule has 0 saturated carbocycles. The Morgan fingerprint density at radius 2 is 1.76 bits per heavy atom. The molecule has 4 aromatic rings. The van der Waals surface area contributed by atoms with Gasteiger partial charge in [0.1, 0.15) is 5.56 Å². The highest BCUT2D eigenvalue weighted by molar-refractivity contribution is 5.94. The molecule has 0 radical (unpaired) electrons. The molecule has 3 heterocycles. The molecular weight excluding hydrogens is 420 g/mol. The largest absolute Gasteiger partial charge is 0.477 e. The van der Waals surface area contributed by atoms with Gasteiger partial charge in [-0.15, -0.1) is 0 Å². The summed E-state index contributed by atoms with van der Waals surface area (Å²) in [6.45, 7) is 4.10. The van der Waals surface area contributed by atoms with Crippen LogP contribution in [0.4, 0.5) is 28.8 Å². The number of hydrogen-bond donors (Lipinski definition) is 4. The first-order valence-electron chi connectivity index (χ1n) is 10.7. The lowest BCUT2D eigenvalue weighted by Crippen LogP contribution is -2.44. The van der Waals surface area contributed by atoms with E-state index in [-0.39, 0.29) is 11.4 Å². The van der Waals surface area contributed by atoms with E-state index in [2.05, 4.69) is 59.8 Å². The Balaban J connectivity index is 1.34. The van der Waals surface area contributed by atoms with Crippen LogP contribution in [-0.4, -0.2) is 69.4 Å². The molecule has 0 unspecified atom stereocenters. The van der Waals surface area contributed by atoms with Crippen molar-refractivity contribution in [2.45, 2.75) is 0 Å². The Hall–Kier alpha value is -4.18. The predicted octanol–water partition coefficient (Wildman–Crippen LogP) is 3.29. The number of carboxylic acids is 1. The fraction of sp³-hybridized carbons (Fsp3) is 0.217. The van der Waals surface area contributed by atoms with Crippen LogP contribution in [0.25, 0.3) is 10.9 Å². The van der Waals surface area contributed by atoms with Crippen molar-refractivity contribution in [1.29, 1.82) is 0 Å². The summed E-state index contributed by atoms with van der Waals surface area (Å²) >= 11 is 0. The molecule has 10 heteroatoms. The number of benzene rings is 2. The number of anilines is 5. The minimum absolute atomic E-state index is 0.0179. The van der Waals surface area contributed by atoms with Gasteiger partial charge in [0.05, 0.1) is 11.7 Å². The summed E-state index contributed by atoms with van der Waals surface area (Å²) in [5, 5.41) is 23.7. The molecule has 1 saturated heterocycles. The Morgan fingerprint density at radius 1 is 1.00 bits per heavy atom. The van der Waals surface area contributed by atoms with Gasteiger partial charge in [-0.05, 0) is 49.5 Å². The number of aromatic nitrogens is 4. The third-order valence-electron chi connectivity index (χ3n) is 5.72. The fourth-order valence-corrected chi connectivity index (χ4v) is 3.79. The number of carboxylic acid groups (broad SMARTS) is 1. The van der Waals surface area contributed by atoms with Crippen LogP contribution in [0.3, 0.4) is 0 Å². The number of hydrogen-bond acceptors (Lipinski definition) is 8. The van der Waals surface area contributed by atoms with E-state index in [9.17, 15) is 9.90 Å². The minimum atomic E-state index is -1.11. The topological polar surface area (TPSA) is 122 Å². The fourth-order valence-electron chi connectivity index (χ4n) is 3.79. The Labute approximate surface area is 190 Å². The predicted molar refractivity (Wildman–Crippen MR) is 128 cm³/mol. The van der Waals surface area contributed by atoms with E-state index < -0.39 is 5.97 Å². The van der Waals surface area contributed by atoms with Gasteiger partial charge in [0.2, 0.25) is 5.95 Å². The van der Waals surface area contributed by atoms with Crippen LogP contribution in [0.1, 0.15) is 10.4 Å². The number of nitrogens with zero attached hydrogens (tertiary/aromatic N) is 5. The number of carbonyl (C=O) groups is 1. The van der Waals surface area contributed by atoms with Crippen molar-refractivity contribution >= 4 is 45.7 Å². The summed E-state index contributed by atoms with van der Waals surface area (Å²) in [7, 11) is 2.14. The average Bonchev–Trinajstić information content (AvgIpc) is 3.28. The lowest BCUT2D eigenvalue weighted by molar-refractivity contribution is 0.0697. The molecule has 1 aliphatic heterocycles. The molecular formula is C23H24N8O2. The number of H-pyrrole nitrogens is 1. The minimum Gasteiger partial charge on any atom is -0.477 e. The van der Waals surface area contributed by atoms with E-state index in [4.69, 9.17) is 0 Å². The van der Waals surface area contributed by atoms with Gasteiger partial charge in [-0.1, -0.05) is 0 Å². The first-order valence-corrected chi connectivity index (χ1v) is 10.7. The van der Waals surface area contributed by atoms with Crippen molar-refractivity contribution < 1.29 is 9.90 Å². The summed E-state index contributed by atoms with van der Waals surface area (Å²) in [5.74, 6) is -0.603. The molecule has 33 heavy (non-hydrogen) atoms. The number of aromatic carboxylic acids is 1. The molecule has 4 N–H and O–H groups in total. The lowest BCUT2D eigenvalue weighted by atomic mass is 10.2. The highest BCUT2D eigenvalue weighted by atomic mass is 16.4. The second kappa shape index (κ2) is 8.75. The summed E-state index contributed by atoms with van der Waals surface area (Å²) in [5.41, 5.74) is 3.50. The van der Waals surface area contributed by atoms with E-state index in [0.29, 0.717) is 11.6 Å². The quantitative estimate of drug-likeness (QED) is 0.355. The number of piperazine rings is 1. The lowest BCUT2D eigenvalue weighted by Gasteiger charge is -2.34. The monoisotopic (exact) mass is 444 g/mol. The Morgan fingerprint density at radius 3 is 2.52 bits per heavy atom. The number of fused-ring (bicyclic) bond motifs is 1. The van der Waals surface area contributed by atoms with Crippen molar-refractivity contribution in [2.24, 2.45) is 0 Å². The smallest absolute Gasteiger partial charge is 0.341 e. The first kappa shape index (κ1) is 20.7. The van der Waals surface area contributed by atoms with Gasteiger partial charge in [0.15, 0.2) is 5.82 Å². The van der Waals surface area contributed by atoms with Crippen LogP contribution < -0.4 is 15.5 Å². The summed E-state index contributed by atoms with van der Waals surface area (Å²) < 4.78 is 0. The summed E-state index contributed by atoms with van der Waals surface area (Å²) in [6.07, 6.45) is 3.02. The van der Waals surface area contributed by atoms with Gasteiger partial charge < -0.3 is 25.5 Å². The molecule has 168 valence electrons. The van der Waals surface area contributed by atoms with E-state index in [1.165, 1.54) is 11.9 Å². The maximum Gasteiger partial charge on any atom is 0.341 e. The zero-order valence-corrected chi connectivity index (χ0v) is 18.1. The maximum absolute atomic E-state index is 11.7. The first-order chi connectivity index (χ1) is 16.0. The molecule has 1 aliphatic rings. The highest BCUT2D eigenvalue weighted by Crippen LogP contribution is 2.25. The second-order valence-corrected chi connectivity index (χ2v) is 8.02. The number of likely N-dealkylation sites (N-methyl/N-ethyl adjacent to an activating group) is 1. The summed E-state index contributed by atoms with van der Waals surface area (Å²) in [6, 6.07) is 13.7. The van der Waals surface area contributed by atoms with Crippen LogP contribution in [0.15, 0.2) is 54.9 Å². The number of nitrogens with one attached hydrogen (secondary N) is 3. The van der Waals surface area contributed by atoms with Crippen molar-refractivity contribution in [3.8, 4) is 0 Å². The molecule has 0 spiro atoms. The molecule has 0 aliphatic carbocycles. The van der Waals surface area contributed by atoms with E-state index in [1.807, 2.05) is 30.3 Å². The maximum atomic E-state index is 11.7. The molecule has 2 aromatic carbocycles. The third-order valence-corrected chi connectivity index (χ3v) is 5.72. The van der Waals surface area contributed by atoms with Crippen molar-refractivity contribution in [2.75, 3.05) is 48.8 Å². The van der Waals surface area contributed by atoms with Gasteiger partial charge >= 0.3 is 5.97 Å². The standard InChI is InChI=1S/C23H24N8O2/c1-30-8-10-31(11-9-30)18-6-4-16(5-7-18)27-23-24-14-19(22(32)33)21(28-23)26-17-3-2-15-13-25-29-20(15)12-17/h2-7,12-14H,8-11H2,1H3,(H,25,29)(H,32,33)(H2,24,26,27,28). The molecule has 5 rings (SSSR count). The molecule has 0 amide bonds. The van der Waals surface area contributed by atoms with Crippen LogP contribution in [0, 0.1) is 0 Å². The Kier molecular flexibility index (Phi) is 5.49. The van der Waals surface area contributed by atoms with Gasteiger partial charge in [0, 0.05) is 54.8 Å². The SMILES string of the molecule is CN1CCN(c2ccc(Nc3ncc(C(=O)O)c(Nc4ccc5cn[nH]c5c4)n3)cc2)CC1. The molecule has 1 fully saturated rings. The average molecular weight is 444 g/mol. The molecule has 0 bridgehead atoms. The normalized spacial score (nSPS) is 14.4. The van der Waals surface area contributed by atoms with Gasteiger partial charge in [-0.3, -0.25) is 5.10 Å². The van der Waals surface area contributed by atoms with E-state index in [1.54, 1.807) is 6.20 Å². The van der Waals surface area contributed by atoms with Crippen molar-refractivity contribution in [1.82, 2.24) is 25.1 Å². The molecule has 2 aromatic heterocycles. The van der Waals surface area contributed by atoms with Crippen LogP contribution in [-0.2, 0) is 0 Å². The van der Waals surface area contributed by atoms with Gasteiger partial charge in [-0.2, -0.15) is 10.1 Å². The van der Waals surface area contributed by atoms with E-state index >= 15 is 0 Å². The Bertz CT molecular complexity index is 1280. The molecule has 0 atom stereocenters. The second-order valence-electron chi connectivity index (χ2n) is 8.02. The van der Waals surface area contributed by atoms with E-state index in [0.717, 1.165) is 42.8 Å².